The molecule has 0 radical (unpaired) electrons. The van der Waals surface area contributed by atoms with Crippen LogP contribution in [0, 0.1) is 5.82 Å². The van der Waals surface area contributed by atoms with Crippen molar-refractivity contribution in [3.8, 4) is 0 Å². The van der Waals surface area contributed by atoms with Crippen LogP contribution in [0.3, 0.4) is 0 Å². The molecule has 3 rings (SSSR count). The van der Waals surface area contributed by atoms with Gasteiger partial charge >= 0.3 is 5.92 Å². The summed E-state index contributed by atoms with van der Waals surface area (Å²) in [4.78, 5) is 19.6. The number of amidine groups is 1. The Labute approximate surface area is 156 Å². The fourth-order valence-corrected chi connectivity index (χ4v) is 2.67. The normalized spacial score (nSPS) is 21.3. The molecule has 1 aliphatic rings. The second kappa shape index (κ2) is 6.76. The van der Waals surface area contributed by atoms with Gasteiger partial charge in [0.05, 0.1) is 5.88 Å². The summed E-state index contributed by atoms with van der Waals surface area (Å²) in [5, 5.41) is 2.43. The van der Waals surface area contributed by atoms with Gasteiger partial charge in [-0.15, -0.1) is 11.6 Å². The third-order valence-corrected chi connectivity index (χ3v) is 4.32. The van der Waals surface area contributed by atoms with Crippen LogP contribution in [0.15, 0.2) is 33.9 Å². The smallest absolute Gasteiger partial charge is 0.310 e. The Kier molecular flexibility index (Phi) is 4.77. The molecule has 2 heterocycles. The summed E-state index contributed by atoms with van der Waals surface area (Å²) < 4.78 is 52.7. The number of ether oxygens (including phenoxy) is 1. The van der Waals surface area contributed by atoms with E-state index in [0.29, 0.717) is 0 Å². The third-order valence-electron chi connectivity index (χ3n) is 4.09. The molecule has 11 heteroatoms. The molecule has 144 valence electrons. The summed E-state index contributed by atoms with van der Waals surface area (Å²) in [6, 6.07) is 2.74. The number of aliphatic imine (C=N–C) groups is 1. The monoisotopic (exact) mass is 402 g/mol. The second-order valence-electron chi connectivity index (χ2n) is 5.92. The van der Waals surface area contributed by atoms with Crippen molar-refractivity contribution in [2.75, 3.05) is 11.9 Å². The third kappa shape index (κ3) is 3.44. The van der Waals surface area contributed by atoms with Gasteiger partial charge in [-0.2, -0.15) is 8.78 Å². The predicted octanol–water partition coefficient (Wildman–Crippen LogP) is 3.00. The lowest BCUT2D eigenvalue weighted by atomic mass is 9.85. The van der Waals surface area contributed by atoms with Crippen LogP contribution in [0.4, 0.5) is 18.9 Å². The summed E-state index contributed by atoms with van der Waals surface area (Å²) in [5.74, 6) is -5.02. The number of carbonyl (C=O) groups excluding carboxylic acids is 1. The number of amides is 1. The number of hydrogen-bond acceptors (Lipinski definition) is 6. The van der Waals surface area contributed by atoms with E-state index in [9.17, 15) is 18.0 Å². The van der Waals surface area contributed by atoms with Crippen molar-refractivity contribution in [3.63, 3.8) is 0 Å². The molecule has 1 aromatic carbocycles. The number of anilines is 1. The number of halogens is 4. The molecule has 0 saturated heterocycles. The zero-order valence-electron chi connectivity index (χ0n) is 13.9. The number of benzene rings is 1. The molecule has 0 spiro atoms. The predicted molar refractivity (Wildman–Crippen MR) is 90.3 cm³/mol. The zero-order chi connectivity index (χ0) is 19.8. The largest absolute Gasteiger partial charge is 0.459 e. The van der Waals surface area contributed by atoms with Crippen LogP contribution in [0.5, 0.6) is 0 Å². The standard InChI is InChI=1S/C16H14ClF3N4O3/c1-15(16(19,20)7-27-14(21)24-15)9-4-8(2-3-10(9)18)22-13(25)11-6-26-12(5-17)23-11/h2-4,6H,5,7H2,1H3,(H2,21,24)(H,22,25). The molecule has 1 amide bonds. The van der Waals surface area contributed by atoms with Crippen molar-refractivity contribution in [1.29, 1.82) is 0 Å². The van der Waals surface area contributed by atoms with E-state index in [4.69, 9.17) is 21.8 Å². The van der Waals surface area contributed by atoms with Crippen molar-refractivity contribution < 1.29 is 27.1 Å². The van der Waals surface area contributed by atoms with E-state index in [2.05, 4.69) is 20.0 Å². The Morgan fingerprint density at radius 1 is 1.44 bits per heavy atom. The van der Waals surface area contributed by atoms with Crippen molar-refractivity contribution >= 4 is 29.2 Å². The lowest BCUT2D eigenvalue weighted by molar-refractivity contribution is -0.117. The minimum Gasteiger partial charge on any atom is -0.459 e. The Morgan fingerprint density at radius 2 is 2.19 bits per heavy atom. The summed E-state index contributed by atoms with van der Waals surface area (Å²) >= 11 is 5.55. The van der Waals surface area contributed by atoms with Gasteiger partial charge in [-0.05, 0) is 25.1 Å². The van der Waals surface area contributed by atoms with Crippen molar-refractivity contribution in [2.24, 2.45) is 10.7 Å². The molecular formula is C16H14ClF3N4O3. The summed E-state index contributed by atoms with van der Waals surface area (Å²) in [7, 11) is 0. The summed E-state index contributed by atoms with van der Waals surface area (Å²) in [5.41, 5.74) is 2.64. The van der Waals surface area contributed by atoms with E-state index in [0.717, 1.165) is 25.3 Å². The highest BCUT2D eigenvalue weighted by Crippen LogP contribution is 2.44. The molecule has 2 aromatic rings. The first-order valence-electron chi connectivity index (χ1n) is 7.64. The first-order chi connectivity index (χ1) is 12.7. The summed E-state index contributed by atoms with van der Waals surface area (Å²) in [6.07, 6.45) is 1.09. The van der Waals surface area contributed by atoms with E-state index >= 15 is 0 Å². The van der Waals surface area contributed by atoms with E-state index in [1.54, 1.807) is 0 Å². The molecule has 0 aliphatic carbocycles. The van der Waals surface area contributed by atoms with Crippen LogP contribution in [0.25, 0.3) is 0 Å². The lowest BCUT2D eigenvalue weighted by Gasteiger charge is -2.37. The number of carbonyl (C=O) groups is 1. The Bertz CT molecular complexity index is 918. The van der Waals surface area contributed by atoms with E-state index < -0.39 is 41.4 Å². The highest BCUT2D eigenvalue weighted by molar-refractivity contribution is 6.16. The highest BCUT2D eigenvalue weighted by Gasteiger charge is 2.56. The van der Waals surface area contributed by atoms with Crippen molar-refractivity contribution in [1.82, 2.24) is 4.98 Å². The number of oxazole rings is 1. The van der Waals surface area contributed by atoms with Crippen LogP contribution in [-0.2, 0) is 16.2 Å². The zero-order valence-corrected chi connectivity index (χ0v) is 14.7. The van der Waals surface area contributed by atoms with Crippen LogP contribution in [-0.4, -0.2) is 29.4 Å². The van der Waals surface area contributed by atoms with Gasteiger partial charge in [0.2, 0.25) is 5.89 Å². The topological polar surface area (TPSA) is 103 Å². The number of nitrogens with one attached hydrogen (secondary N) is 1. The molecular weight excluding hydrogens is 389 g/mol. The maximum absolute atomic E-state index is 14.4. The van der Waals surface area contributed by atoms with Crippen LogP contribution in [0.1, 0.15) is 28.9 Å². The van der Waals surface area contributed by atoms with E-state index in [-0.39, 0.29) is 23.2 Å². The number of nitrogens with zero attached hydrogens (tertiary/aromatic N) is 2. The van der Waals surface area contributed by atoms with Crippen molar-refractivity contribution in [3.05, 3.63) is 47.4 Å². The number of hydrogen-bond donors (Lipinski definition) is 2. The molecule has 27 heavy (non-hydrogen) atoms. The molecule has 3 N–H and O–H groups in total. The maximum atomic E-state index is 14.4. The molecule has 1 aliphatic heterocycles. The molecule has 1 unspecified atom stereocenters. The van der Waals surface area contributed by atoms with Crippen LogP contribution >= 0.6 is 11.6 Å². The molecule has 0 saturated carbocycles. The number of nitrogens with two attached hydrogens (primary N) is 1. The summed E-state index contributed by atoms with van der Waals surface area (Å²) in [6.45, 7) is -0.00816. The maximum Gasteiger partial charge on any atom is 0.310 e. The first kappa shape index (κ1) is 19.0. The van der Waals surface area contributed by atoms with Gasteiger partial charge in [-0.1, -0.05) is 0 Å². The van der Waals surface area contributed by atoms with Gasteiger partial charge in [0, 0.05) is 11.3 Å². The minimum atomic E-state index is -3.53. The van der Waals surface area contributed by atoms with E-state index in [1.807, 2.05) is 0 Å². The SMILES string of the molecule is CC1(c2cc(NC(=O)c3coc(CCl)n3)ccc2F)N=C(N)OCC1(F)F. The highest BCUT2D eigenvalue weighted by atomic mass is 35.5. The lowest BCUT2D eigenvalue weighted by Crippen LogP contribution is -2.51. The van der Waals surface area contributed by atoms with Crippen LogP contribution < -0.4 is 11.1 Å². The van der Waals surface area contributed by atoms with Gasteiger partial charge in [0.25, 0.3) is 11.9 Å². The molecule has 1 atom stereocenters. The Balaban J connectivity index is 1.95. The number of alkyl halides is 3. The average Bonchev–Trinajstić information content (AvgIpc) is 3.10. The van der Waals surface area contributed by atoms with Gasteiger partial charge in [0.1, 0.15) is 12.1 Å². The van der Waals surface area contributed by atoms with Crippen molar-refractivity contribution in [2.45, 2.75) is 24.3 Å². The van der Waals surface area contributed by atoms with Crippen LogP contribution in [0.2, 0.25) is 0 Å². The molecule has 1 aromatic heterocycles. The molecule has 7 nitrogen and oxygen atoms in total. The second-order valence-corrected chi connectivity index (χ2v) is 6.19. The fourth-order valence-electron chi connectivity index (χ4n) is 2.54. The molecule has 0 bridgehead atoms. The van der Waals surface area contributed by atoms with Gasteiger partial charge in [-0.3, -0.25) is 4.79 Å². The fraction of sp³-hybridized carbons (Fsp3) is 0.312. The van der Waals surface area contributed by atoms with Gasteiger partial charge < -0.3 is 20.2 Å². The number of aromatic nitrogens is 1. The minimum absolute atomic E-state index is 0.0249. The quantitative estimate of drug-likeness (QED) is 0.765. The van der Waals surface area contributed by atoms with E-state index in [1.165, 1.54) is 6.07 Å². The van der Waals surface area contributed by atoms with Gasteiger partial charge in [-0.25, -0.2) is 14.4 Å². The first-order valence-corrected chi connectivity index (χ1v) is 8.17. The average molecular weight is 403 g/mol. The molecule has 0 fully saturated rings. The Morgan fingerprint density at radius 3 is 2.85 bits per heavy atom. The number of rotatable bonds is 4. The van der Waals surface area contributed by atoms with Gasteiger partial charge in [0.15, 0.2) is 17.8 Å². The Hall–Kier alpha value is -2.75.